The minimum Gasteiger partial charge on any atom is -0.481 e. The fourth-order valence-electron chi connectivity index (χ4n) is 6.47. The van der Waals surface area contributed by atoms with Gasteiger partial charge in [0.15, 0.2) is 5.78 Å². The second-order valence-electron chi connectivity index (χ2n) is 8.92. The number of cyclic esters (lactones) is 1. The summed E-state index contributed by atoms with van der Waals surface area (Å²) in [6.45, 7) is 4.98. The molecule has 2 aliphatic carbocycles. The van der Waals surface area contributed by atoms with Crippen molar-refractivity contribution in [3.8, 4) is 0 Å². The predicted octanol–water partition coefficient (Wildman–Crippen LogP) is 0.714. The van der Waals surface area contributed by atoms with E-state index in [9.17, 15) is 29.4 Å². The largest absolute Gasteiger partial charge is 0.481 e. The summed E-state index contributed by atoms with van der Waals surface area (Å²) in [5.74, 6) is -5.35. The topological polar surface area (TPSA) is 127 Å². The standard InChI is InChI=1S/C20H24O8/c1-8-4-12(21)16(24)19(3)10(8)5-13-20(7-27-18(26)15(19)20)11(6-14(22)23)9(2)17(25)28-13/h4,9-11,13,15-16,24H,5-7H2,1-3H3,(H,22,23)/t9-,10+,11+,13-,15?,16-,19+,20-/m1/s1. The molecule has 0 bridgehead atoms. The van der Waals surface area contributed by atoms with Gasteiger partial charge in [0, 0.05) is 11.8 Å². The first-order valence-electron chi connectivity index (χ1n) is 9.54. The molecular weight excluding hydrogens is 368 g/mol. The predicted molar refractivity (Wildman–Crippen MR) is 92.7 cm³/mol. The number of aliphatic carboxylic acids is 1. The third-order valence-corrected chi connectivity index (χ3v) is 7.76. The SMILES string of the molecule is CC1=CC(=O)[C@@H](O)[C@]2(C)C3C(=O)OC[C@@]34[C@@H](C[C@@H]12)OC(=O)[C@H](C)[C@@H]4CC(=O)O. The van der Waals surface area contributed by atoms with E-state index in [-0.39, 0.29) is 18.9 Å². The average Bonchev–Trinajstić information content (AvgIpc) is 2.97. The molecule has 0 aromatic heterocycles. The Hall–Kier alpha value is -2.22. The summed E-state index contributed by atoms with van der Waals surface area (Å²) in [4.78, 5) is 49.5. The van der Waals surface area contributed by atoms with Crippen LogP contribution in [-0.4, -0.2) is 52.7 Å². The van der Waals surface area contributed by atoms with Crippen molar-refractivity contribution in [2.45, 2.75) is 45.8 Å². The number of rotatable bonds is 2. The molecule has 1 unspecified atom stereocenters. The van der Waals surface area contributed by atoms with Crippen LogP contribution in [0.4, 0.5) is 0 Å². The molecule has 1 spiro atoms. The normalized spacial score (nSPS) is 47.3. The van der Waals surface area contributed by atoms with Crippen LogP contribution in [0.3, 0.4) is 0 Å². The number of carboxylic acids is 1. The van der Waals surface area contributed by atoms with Crippen molar-refractivity contribution in [2.75, 3.05) is 6.61 Å². The van der Waals surface area contributed by atoms with Gasteiger partial charge in [-0.25, -0.2) is 0 Å². The van der Waals surface area contributed by atoms with Gasteiger partial charge in [-0.3, -0.25) is 19.2 Å². The lowest BCUT2D eigenvalue weighted by Gasteiger charge is -2.61. The van der Waals surface area contributed by atoms with Gasteiger partial charge >= 0.3 is 17.9 Å². The van der Waals surface area contributed by atoms with E-state index < -0.39 is 64.5 Å². The summed E-state index contributed by atoms with van der Waals surface area (Å²) in [5.41, 5.74) is -1.51. The molecule has 2 N–H and O–H groups in total. The quantitative estimate of drug-likeness (QED) is 0.658. The van der Waals surface area contributed by atoms with Crippen molar-refractivity contribution in [1.82, 2.24) is 0 Å². The maximum Gasteiger partial charge on any atom is 0.310 e. The number of hydrogen-bond donors (Lipinski definition) is 2. The molecule has 1 saturated carbocycles. The summed E-state index contributed by atoms with van der Waals surface area (Å²) >= 11 is 0. The van der Waals surface area contributed by atoms with Crippen LogP contribution in [0.2, 0.25) is 0 Å². The summed E-state index contributed by atoms with van der Waals surface area (Å²) in [6, 6.07) is 0. The highest BCUT2D eigenvalue weighted by Crippen LogP contribution is 2.67. The Balaban J connectivity index is 1.93. The summed E-state index contributed by atoms with van der Waals surface area (Å²) in [7, 11) is 0. The molecule has 4 rings (SSSR count). The third kappa shape index (κ3) is 2.15. The van der Waals surface area contributed by atoms with Gasteiger partial charge in [0.25, 0.3) is 0 Å². The molecular formula is C20H24O8. The third-order valence-electron chi connectivity index (χ3n) is 7.76. The van der Waals surface area contributed by atoms with E-state index in [1.165, 1.54) is 6.08 Å². The summed E-state index contributed by atoms with van der Waals surface area (Å²) in [5, 5.41) is 20.3. The van der Waals surface area contributed by atoms with Gasteiger partial charge in [-0.15, -0.1) is 0 Å². The maximum atomic E-state index is 12.9. The number of aliphatic hydroxyl groups excluding tert-OH is 1. The van der Waals surface area contributed by atoms with Gasteiger partial charge in [-0.1, -0.05) is 19.4 Å². The molecule has 0 aromatic rings. The number of ketones is 1. The molecule has 2 heterocycles. The van der Waals surface area contributed by atoms with Crippen LogP contribution in [0.5, 0.6) is 0 Å². The van der Waals surface area contributed by atoms with Crippen molar-refractivity contribution in [1.29, 1.82) is 0 Å². The minimum absolute atomic E-state index is 0.0806. The van der Waals surface area contributed by atoms with Gasteiger partial charge in [0.2, 0.25) is 0 Å². The lowest BCUT2D eigenvalue weighted by molar-refractivity contribution is -0.230. The number of allylic oxidation sites excluding steroid dienone is 1. The van der Waals surface area contributed by atoms with E-state index in [1.807, 2.05) is 0 Å². The van der Waals surface area contributed by atoms with E-state index in [4.69, 9.17) is 9.47 Å². The van der Waals surface area contributed by atoms with Gasteiger partial charge in [0.05, 0.1) is 17.3 Å². The van der Waals surface area contributed by atoms with E-state index in [1.54, 1.807) is 20.8 Å². The van der Waals surface area contributed by atoms with Crippen LogP contribution in [0.15, 0.2) is 11.6 Å². The van der Waals surface area contributed by atoms with Crippen molar-refractivity contribution >= 4 is 23.7 Å². The van der Waals surface area contributed by atoms with E-state index >= 15 is 0 Å². The molecule has 8 heteroatoms. The second kappa shape index (κ2) is 5.89. The van der Waals surface area contributed by atoms with Crippen molar-refractivity contribution in [3.63, 3.8) is 0 Å². The zero-order valence-corrected chi connectivity index (χ0v) is 16.0. The van der Waals surface area contributed by atoms with Crippen LogP contribution in [0.25, 0.3) is 0 Å². The number of hydrogen-bond acceptors (Lipinski definition) is 7. The first-order chi connectivity index (χ1) is 13.0. The van der Waals surface area contributed by atoms with E-state index in [2.05, 4.69) is 0 Å². The molecule has 0 amide bonds. The Kier molecular flexibility index (Phi) is 4.02. The molecule has 2 aliphatic heterocycles. The van der Waals surface area contributed by atoms with Crippen LogP contribution in [0, 0.1) is 34.5 Å². The van der Waals surface area contributed by atoms with Crippen molar-refractivity contribution < 1.29 is 38.9 Å². The zero-order valence-electron chi connectivity index (χ0n) is 16.0. The van der Waals surface area contributed by atoms with Gasteiger partial charge in [-0.2, -0.15) is 0 Å². The van der Waals surface area contributed by atoms with Crippen LogP contribution < -0.4 is 0 Å². The number of esters is 2. The Labute approximate surface area is 161 Å². The maximum absolute atomic E-state index is 12.9. The number of fused-ring (bicyclic) bond motifs is 2. The fourth-order valence-corrected chi connectivity index (χ4v) is 6.47. The molecule has 8 atom stereocenters. The number of carbonyl (C=O) groups excluding carboxylic acids is 3. The molecule has 3 fully saturated rings. The Morgan fingerprint density at radius 1 is 1.29 bits per heavy atom. The highest BCUT2D eigenvalue weighted by Gasteiger charge is 2.75. The fraction of sp³-hybridized carbons (Fsp3) is 0.700. The second-order valence-corrected chi connectivity index (χ2v) is 8.92. The Bertz CT molecular complexity index is 815. The lowest BCUT2D eigenvalue weighted by atomic mass is 9.42. The van der Waals surface area contributed by atoms with Crippen LogP contribution >= 0.6 is 0 Å². The lowest BCUT2D eigenvalue weighted by Crippen LogP contribution is -2.69. The highest BCUT2D eigenvalue weighted by atomic mass is 16.6. The first-order valence-corrected chi connectivity index (χ1v) is 9.54. The molecule has 8 nitrogen and oxygen atoms in total. The first kappa shape index (κ1) is 19.1. The highest BCUT2D eigenvalue weighted by molar-refractivity contribution is 5.97. The number of ether oxygens (including phenoxy) is 2. The van der Waals surface area contributed by atoms with E-state index in [0.717, 1.165) is 5.57 Å². The van der Waals surface area contributed by atoms with Gasteiger partial charge in [0.1, 0.15) is 18.8 Å². The number of aliphatic hydroxyl groups is 1. The summed E-state index contributed by atoms with van der Waals surface area (Å²) < 4.78 is 11.1. The number of carbonyl (C=O) groups is 4. The molecule has 152 valence electrons. The molecule has 4 aliphatic rings. The van der Waals surface area contributed by atoms with Crippen LogP contribution in [-0.2, 0) is 28.7 Å². The molecule has 0 radical (unpaired) electrons. The molecule has 2 saturated heterocycles. The smallest absolute Gasteiger partial charge is 0.310 e. The zero-order chi connectivity index (χ0) is 20.6. The Morgan fingerprint density at radius 2 is 1.96 bits per heavy atom. The molecule has 28 heavy (non-hydrogen) atoms. The van der Waals surface area contributed by atoms with Crippen molar-refractivity contribution in [3.05, 3.63) is 11.6 Å². The van der Waals surface area contributed by atoms with Gasteiger partial charge in [-0.05, 0) is 31.3 Å². The average molecular weight is 392 g/mol. The minimum atomic E-state index is -1.41. The Morgan fingerprint density at radius 3 is 2.61 bits per heavy atom. The van der Waals surface area contributed by atoms with E-state index in [0.29, 0.717) is 6.42 Å². The number of carboxylic acid groups (broad SMARTS) is 1. The van der Waals surface area contributed by atoms with Crippen molar-refractivity contribution in [2.24, 2.45) is 34.5 Å². The summed E-state index contributed by atoms with van der Waals surface area (Å²) in [6.07, 6.45) is -0.747. The monoisotopic (exact) mass is 392 g/mol. The van der Waals surface area contributed by atoms with Crippen LogP contribution in [0.1, 0.15) is 33.6 Å². The van der Waals surface area contributed by atoms with Gasteiger partial charge < -0.3 is 19.7 Å². The molecule has 0 aromatic carbocycles.